The molecule has 6 heteroatoms. The molecule has 0 fully saturated rings. The van der Waals surface area contributed by atoms with Crippen LogP contribution in [0.4, 0.5) is 11.4 Å². The molecule has 1 aliphatic rings. The Bertz CT molecular complexity index is 1130. The van der Waals surface area contributed by atoms with Gasteiger partial charge in [0.2, 0.25) is 5.91 Å². The van der Waals surface area contributed by atoms with Gasteiger partial charge in [0.1, 0.15) is 12.3 Å². The number of nitrogens with one attached hydrogen (secondary N) is 1. The lowest BCUT2D eigenvalue weighted by molar-refractivity contribution is -0.133. The topological polar surface area (TPSA) is 78.9 Å². The van der Waals surface area contributed by atoms with Crippen LogP contribution in [0.25, 0.3) is 0 Å². The van der Waals surface area contributed by atoms with E-state index in [2.05, 4.69) is 5.32 Å². The number of carbonyl (C=O) groups excluding carboxylic acids is 2. The molecule has 30 heavy (non-hydrogen) atoms. The van der Waals surface area contributed by atoms with E-state index in [4.69, 9.17) is 4.74 Å². The largest absolute Gasteiger partial charge is 0.495 e. The van der Waals surface area contributed by atoms with Gasteiger partial charge >= 0.3 is 0 Å². The third-order valence-electron chi connectivity index (χ3n) is 5.26. The number of nitrogens with zero attached hydrogens (tertiary/aromatic N) is 1. The minimum absolute atomic E-state index is 0.234. The fourth-order valence-electron chi connectivity index (χ4n) is 3.82. The quantitative estimate of drug-likeness (QED) is 0.687. The van der Waals surface area contributed by atoms with Crippen molar-refractivity contribution < 1.29 is 19.4 Å². The summed E-state index contributed by atoms with van der Waals surface area (Å²) in [4.78, 5) is 27.5. The summed E-state index contributed by atoms with van der Waals surface area (Å²) in [5.41, 5.74) is 1.06. The minimum atomic E-state index is -1.84. The predicted molar refractivity (Wildman–Crippen MR) is 115 cm³/mol. The number of ether oxygens (including phenoxy) is 1. The molecule has 3 aromatic rings. The van der Waals surface area contributed by atoms with Crippen molar-refractivity contribution in [3.63, 3.8) is 0 Å². The van der Waals surface area contributed by atoms with Gasteiger partial charge < -0.3 is 15.2 Å². The van der Waals surface area contributed by atoms with Crippen molar-refractivity contribution in [3.8, 4) is 5.75 Å². The molecule has 1 heterocycles. The van der Waals surface area contributed by atoms with Crippen molar-refractivity contribution in [2.45, 2.75) is 12.5 Å². The monoisotopic (exact) mass is 402 g/mol. The van der Waals surface area contributed by atoms with Crippen LogP contribution in [0.2, 0.25) is 0 Å². The molecule has 0 radical (unpaired) electrons. The lowest BCUT2D eigenvalue weighted by atomic mass is 9.87. The van der Waals surface area contributed by atoms with Crippen LogP contribution < -0.4 is 15.0 Å². The molecule has 3 aromatic carbocycles. The number of methoxy groups -OCH3 is 1. The lowest BCUT2D eigenvalue weighted by Gasteiger charge is -2.24. The van der Waals surface area contributed by atoms with Gasteiger partial charge in [-0.1, -0.05) is 60.2 Å². The van der Waals surface area contributed by atoms with Crippen molar-refractivity contribution in [3.05, 3.63) is 89.5 Å². The predicted octanol–water partition coefficient (Wildman–Crippen LogP) is 3.22. The minimum Gasteiger partial charge on any atom is -0.495 e. The number of aliphatic hydroxyl groups is 1. The molecular weight excluding hydrogens is 380 g/mol. The number of rotatable bonds is 5. The molecule has 2 N–H and O–H groups in total. The molecule has 152 valence electrons. The van der Waals surface area contributed by atoms with Crippen LogP contribution in [0.15, 0.2) is 72.8 Å². The van der Waals surface area contributed by atoms with E-state index in [9.17, 15) is 14.7 Å². The van der Waals surface area contributed by atoms with Crippen LogP contribution in [0, 0.1) is 6.92 Å². The van der Waals surface area contributed by atoms with Crippen LogP contribution in [-0.2, 0) is 15.2 Å². The van der Waals surface area contributed by atoms with E-state index in [0.717, 1.165) is 5.56 Å². The maximum atomic E-state index is 13.4. The summed E-state index contributed by atoms with van der Waals surface area (Å²) in [6.45, 7) is 1.67. The fourth-order valence-corrected chi connectivity index (χ4v) is 3.82. The SMILES string of the molecule is COc1ccccc1NC(=O)CN1C(=O)C(O)(c2cccc(C)c2)c2ccccc21. The molecule has 0 saturated heterocycles. The van der Waals surface area contributed by atoms with Crippen LogP contribution in [0.5, 0.6) is 5.75 Å². The molecule has 6 nitrogen and oxygen atoms in total. The molecule has 1 atom stereocenters. The molecule has 0 saturated carbocycles. The molecule has 1 aliphatic heterocycles. The van der Waals surface area contributed by atoms with E-state index < -0.39 is 17.4 Å². The van der Waals surface area contributed by atoms with Crippen LogP contribution >= 0.6 is 0 Å². The number of anilines is 2. The second kappa shape index (κ2) is 7.65. The Kier molecular flexibility index (Phi) is 5.01. The Morgan fingerprint density at radius 3 is 2.57 bits per heavy atom. The first kappa shape index (κ1) is 19.7. The summed E-state index contributed by atoms with van der Waals surface area (Å²) in [5, 5.41) is 14.3. The van der Waals surface area contributed by atoms with E-state index in [0.29, 0.717) is 28.3 Å². The first-order valence-corrected chi connectivity index (χ1v) is 9.59. The standard InChI is InChI=1S/C24H22N2O4/c1-16-8-7-9-17(14-16)24(29)18-10-3-5-12-20(18)26(23(24)28)15-22(27)25-19-11-4-6-13-21(19)30-2/h3-14,29H,15H2,1-2H3,(H,25,27). The Balaban J connectivity index is 1.66. The number of amides is 2. The smallest absolute Gasteiger partial charge is 0.268 e. The molecule has 4 rings (SSSR count). The van der Waals surface area contributed by atoms with Gasteiger partial charge in [-0.25, -0.2) is 0 Å². The highest BCUT2D eigenvalue weighted by molar-refractivity contribution is 6.12. The number of carbonyl (C=O) groups is 2. The average molecular weight is 402 g/mol. The Labute approximate surface area is 174 Å². The Morgan fingerprint density at radius 1 is 1.07 bits per heavy atom. The summed E-state index contributed by atoms with van der Waals surface area (Å²) in [6.07, 6.45) is 0. The second-order valence-electron chi connectivity index (χ2n) is 7.24. The summed E-state index contributed by atoms with van der Waals surface area (Å²) in [6, 6.07) is 21.2. The number of fused-ring (bicyclic) bond motifs is 1. The van der Waals surface area contributed by atoms with E-state index in [1.54, 1.807) is 66.7 Å². The fraction of sp³-hybridized carbons (Fsp3) is 0.167. The maximum Gasteiger partial charge on any atom is 0.268 e. The van der Waals surface area contributed by atoms with E-state index in [1.807, 2.05) is 13.0 Å². The third kappa shape index (κ3) is 3.21. The highest BCUT2D eigenvalue weighted by Gasteiger charge is 2.51. The van der Waals surface area contributed by atoms with Crippen LogP contribution in [0.1, 0.15) is 16.7 Å². The van der Waals surface area contributed by atoms with Crippen molar-refractivity contribution in [2.24, 2.45) is 0 Å². The van der Waals surface area contributed by atoms with Gasteiger partial charge in [-0.2, -0.15) is 0 Å². The zero-order valence-electron chi connectivity index (χ0n) is 16.8. The highest BCUT2D eigenvalue weighted by atomic mass is 16.5. The molecule has 0 spiro atoms. The van der Waals surface area contributed by atoms with Gasteiger partial charge in [0.25, 0.3) is 5.91 Å². The van der Waals surface area contributed by atoms with E-state index in [-0.39, 0.29) is 6.54 Å². The molecule has 2 amide bonds. The number of hydrogen-bond acceptors (Lipinski definition) is 4. The van der Waals surface area contributed by atoms with Crippen LogP contribution in [-0.4, -0.2) is 30.6 Å². The van der Waals surface area contributed by atoms with Gasteiger partial charge in [0, 0.05) is 5.56 Å². The first-order valence-electron chi connectivity index (χ1n) is 9.59. The van der Waals surface area contributed by atoms with Crippen molar-refractivity contribution >= 4 is 23.2 Å². The summed E-state index contributed by atoms with van der Waals surface area (Å²) < 4.78 is 5.26. The van der Waals surface area contributed by atoms with Crippen molar-refractivity contribution in [1.29, 1.82) is 0 Å². The zero-order valence-corrected chi connectivity index (χ0v) is 16.8. The number of para-hydroxylation sites is 3. The second-order valence-corrected chi connectivity index (χ2v) is 7.24. The zero-order chi connectivity index (χ0) is 21.3. The van der Waals surface area contributed by atoms with Gasteiger partial charge in [-0.05, 0) is 30.7 Å². The van der Waals surface area contributed by atoms with E-state index in [1.165, 1.54) is 12.0 Å². The Hall–Kier alpha value is -3.64. The average Bonchev–Trinajstić information content (AvgIpc) is 2.97. The van der Waals surface area contributed by atoms with Crippen molar-refractivity contribution in [1.82, 2.24) is 0 Å². The summed E-state index contributed by atoms with van der Waals surface area (Å²) >= 11 is 0. The lowest BCUT2D eigenvalue weighted by Crippen LogP contribution is -2.44. The van der Waals surface area contributed by atoms with Gasteiger partial charge in [0.15, 0.2) is 5.60 Å². The van der Waals surface area contributed by atoms with Gasteiger partial charge in [-0.15, -0.1) is 0 Å². The summed E-state index contributed by atoms with van der Waals surface area (Å²) in [5.74, 6) is -0.420. The number of hydrogen-bond donors (Lipinski definition) is 2. The third-order valence-corrected chi connectivity index (χ3v) is 5.26. The van der Waals surface area contributed by atoms with Gasteiger partial charge in [0.05, 0.1) is 18.5 Å². The molecule has 0 aromatic heterocycles. The number of benzene rings is 3. The Morgan fingerprint density at radius 2 is 1.80 bits per heavy atom. The summed E-state index contributed by atoms with van der Waals surface area (Å²) in [7, 11) is 1.52. The highest BCUT2D eigenvalue weighted by Crippen LogP contribution is 2.44. The molecule has 1 unspecified atom stereocenters. The molecule has 0 bridgehead atoms. The first-order chi connectivity index (χ1) is 14.4. The van der Waals surface area contributed by atoms with Gasteiger partial charge in [-0.3, -0.25) is 14.5 Å². The molecule has 0 aliphatic carbocycles. The van der Waals surface area contributed by atoms with Crippen LogP contribution in [0.3, 0.4) is 0 Å². The molecular formula is C24H22N2O4. The van der Waals surface area contributed by atoms with Crippen molar-refractivity contribution in [2.75, 3.05) is 23.9 Å². The maximum absolute atomic E-state index is 13.4. The van der Waals surface area contributed by atoms with E-state index >= 15 is 0 Å². The number of aryl methyl sites for hydroxylation is 1. The normalized spacial score (nSPS) is 17.6.